The summed E-state index contributed by atoms with van der Waals surface area (Å²) in [6.45, 7) is 6.99. The average molecular weight is 456 g/mol. The Morgan fingerprint density at radius 2 is 2.12 bits per heavy atom. The van der Waals surface area contributed by atoms with E-state index in [1.54, 1.807) is 14.0 Å². The van der Waals surface area contributed by atoms with Crippen LogP contribution in [0.4, 0.5) is 0 Å². The maximum absolute atomic E-state index is 13.0. The molecule has 3 heterocycles. The number of methoxy groups -OCH3 is 1. The largest absolute Gasteiger partial charge is 0.461 e. The van der Waals surface area contributed by atoms with Gasteiger partial charge in [0.05, 0.1) is 18.3 Å². The van der Waals surface area contributed by atoms with E-state index in [1.807, 2.05) is 16.7 Å². The van der Waals surface area contributed by atoms with Gasteiger partial charge in [-0.2, -0.15) is 0 Å². The van der Waals surface area contributed by atoms with Crippen molar-refractivity contribution in [2.45, 2.75) is 63.2 Å². The molecule has 2 unspecified atom stereocenters. The molecular formula is C24H29N3O6. The lowest BCUT2D eigenvalue weighted by molar-refractivity contribution is -0.0592. The topological polar surface area (TPSA) is 109 Å². The molecule has 1 N–H and O–H groups in total. The van der Waals surface area contributed by atoms with E-state index in [1.165, 1.54) is 5.56 Å². The predicted octanol–water partition coefficient (Wildman–Crippen LogP) is 3.33. The summed E-state index contributed by atoms with van der Waals surface area (Å²) in [6.07, 6.45) is 2.15. The summed E-state index contributed by atoms with van der Waals surface area (Å²) in [5.41, 5.74) is 1.43. The molecule has 0 bridgehead atoms. The van der Waals surface area contributed by atoms with E-state index in [4.69, 9.17) is 18.7 Å². The van der Waals surface area contributed by atoms with Crippen LogP contribution in [0.3, 0.4) is 0 Å². The molecule has 33 heavy (non-hydrogen) atoms. The van der Waals surface area contributed by atoms with Crippen LogP contribution in [0.5, 0.6) is 0 Å². The normalized spacial score (nSPS) is 26.4. The van der Waals surface area contributed by atoms with Gasteiger partial charge >= 0.3 is 11.7 Å². The second kappa shape index (κ2) is 7.85. The van der Waals surface area contributed by atoms with Gasteiger partial charge in [-0.1, -0.05) is 11.2 Å². The van der Waals surface area contributed by atoms with E-state index in [-0.39, 0.29) is 18.3 Å². The van der Waals surface area contributed by atoms with Crippen LogP contribution in [0.2, 0.25) is 0 Å². The highest BCUT2D eigenvalue weighted by atomic mass is 16.5. The van der Waals surface area contributed by atoms with Crippen molar-refractivity contribution in [3.05, 3.63) is 51.9 Å². The Labute approximate surface area is 191 Å². The predicted molar refractivity (Wildman–Crippen MR) is 120 cm³/mol. The van der Waals surface area contributed by atoms with Crippen molar-refractivity contribution >= 4 is 16.9 Å². The number of nitrogens with zero attached hydrogens (tertiary/aromatic N) is 2. The van der Waals surface area contributed by atoms with Crippen molar-refractivity contribution in [3.8, 4) is 0 Å². The zero-order chi connectivity index (χ0) is 23.4. The molecule has 176 valence electrons. The van der Waals surface area contributed by atoms with Gasteiger partial charge in [-0.15, -0.1) is 0 Å². The molecule has 2 fully saturated rings. The van der Waals surface area contributed by atoms with Gasteiger partial charge in [0, 0.05) is 31.0 Å². The SMILES string of the molecule is CCOC(=O)c1cc2cc([C@H]3CCOC(C)(C)C3)ccc2n1C1(c2noc(=O)[nH]2)CC1OC. The van der Waals surface area contributed by atoms with Crippen LogP contribution in [0, 0.1) is 0 Å². The van der Waals surface area contributed by atoms with Crippen molar-refractivity contribution in [2.75, 3.05) is 20.3 Å². The first-order valence-electron chi connectivity index (χ1n) is 11.4. The summed E-state index contributed by atoms with van der Waals surface area (Å²) in [4.78, 5) is 27.4. The Kier molecular flexibility index (Phi) is 5.21. The Morgan fingerprint density at radius 3 is 2.76 bits per heavy atom. The highest BCUT2D eigenvalue weighted by Crippen LogP contribution is 2.52. The van der Waals surface area contributed by atoms with Crippen molar-refractivity contribution in [1.82, 2.24) is 14.7 Å². The molecule has 3 aromatic rings. The zero-order valence-corrected chi connectivity index (χ0v) is 19.3. The fraction of sp³-hybridized carbons (Fsp3) is 0.542. The third kappa shape index (κ3) is 3.59. The van der Waals surface area contributed by atoms with E-state index in [0.717, 1.165) is 30.4 Å². The summed E-state index contributed by atoms with van der Waals surface area (Å²) >= 11 is 0. The number of benzene rings is 1. The number of hydrogen-bond acceptors (Lipinski definition) is 7. The maximum atomic E-state index is 13.0. The molecule has 5 rings (SSSR count). The molecule has 1 aromatic carbocycles. The molecule has 1 aliphatic carbocycles. The molecule has 1 saturated carbocycles. The summed E-state index contributed by atoms with van der Waals surface area (Å²) < 4.78 is 23.6. The van der Waals surface area contributed by atoms with Crippen molar-refractivity contribution in [2.24, 2.45) is 0 Å². The van der Waals surface area contributed by atoms with Crippen molar-refractivity contribution in [1.29, 1.82) is 0 Å². The first kappa shape index (κ1) is 21.9. The van der Waals surface area contributed by atoms with Crippen molar-refractivity contribution in [3.63, 3.8) is 0 Å². The standard InChI is InChI=1S/C24H29N3O6/c1-5-31-20(28)18-11-16-10-14(15-8-9-32-23(2,3)12-15)6-7-17(16)27(18)24(13-19(24)30-4)21-25-22(29)33-26-21/h6-7,10-11,15,19H,5,8-9,12-13H2,1-4H3,(H,25,26,29)/t15-,19?,24?/m0/s1. The van der Waals surface area contributed by atoms with Crippen LogP contribution in [0.25, 0.3) is 10.9 Å². The van der Waals surface area contributed by atoms with E-state index < -0.39 is 17.3 Å². The number of carbonyl (C=O) groups is 1. The number of H-pyrrole nitrogens is 1. The molecule has 0 amide bonds. The summed E-state index contributed by atoms with van der Waals surface area (Å²) in [5, 5.41) is 4.88. The van der Waals surface area contributed by atoms with Crippen LogP contribution in [0.1, 0.15) is 67.8 Å². The average Bonchev–Trinajstić information content (AvgIpc) is 3.13. The minimum atomic E-state index is -0.854. The Hall–Kier alpha value is -2.91. The van der Waals surface area contributed by atoms with Gasteiger partial charge in [-0.05, 0) is 63.3 Å². The van der Waals surface area contributed by atoms with E-state index in [2.05, 4.69) is 36.1 Å². The van der Waals surface area contributed by atoms with Gasteiger partial charge in [0.15, 0.2) is 5.82 Å². The van der Waals surface area contributed by atoms with Gasteiger partial charge in [0.25, 0.3) is 0 Å². The fourth-order valence-corrected chi connectivity index (χ4v) is 5.30. The fourth-order valence-electron chi connectivity index (χ4n) is 5.30. The minimum absolute atomic E-state index is 0.164. The number of esters is 1. The summed E-state index contributed by atoms with van der Waals surface area (Å²) in [6, 6.07) is 8.14. The monoisotopic (exact) mass is 455 g/mol. The Bertz CT molecular complexity index is 1250. The molecule has 2 aliphatic rings. The number of carbonyl (C=O) groups excluding carboxylic acids is 1. The number of ether oxygens (including phenoxy) is 3. The smallest absolute Gasteiger partial charge is 0.438 e. The number of aromatic nitrogens is 3. The van der Waals surface area contributed by atoms with Gasteiger partial charge in [-0.25, -0.2) is 9.59 Å². The Balaban J connectivity index is 1.66. The number of nitrogens with one attached hydrogen (secondary N) is 1. The van der Waals surface area contributed by atoms with Crippen LogP contribution >= 0.6 is 0 Å². The van der Waals surface area contributed by atoms with Gasteiger partial charge in [0.1, 0.15) is 11.2 Å². The van der Waals surface area contributed by atoms with Crippen molar-refractivity contribution < 1.29 is 23.5 Å². The van der Waals surface area contributed by atoms with Gasteiger partial charge in [-0.3, -0.25) is 9.51 Å². The Morgan fingerprint density at radius 1 is 1.30 bits per heavy atom. The molecule has 9 nitrogen and oxygen atoms in total. The molecule has 9 heteroatoms. The second-order valence-electron chi connectivity index (χ2n) is 9.50. The lowest BCUT2D eigenvalue weighted by Crippen LogP contribution is -2.33. The molecule has 2 aromatic heterocycles. The quantitative estimate of drug-likeness (QED) is 0.568. The summed E-state index contributed by atoms with van der Waals surface area (Å²) in [7, 11) is 1.60. The second-order valence-corrected chi connectivity index (χ2v) is 9.50. The zero-order valence-electron chi connectivity index (χ0n) is 19.3. The van der Waals surface area contributed by atoms with E-state index in [9.17, 15) is 9.59 Å². The first-order chi connectivity index (χ1) is 15.8. The highest BCUT2D eigenvalue weighted by molar-refractivity contribution is 5.96. The van der Waals surface area contributed by atoms with Crippen LogP contribution in [0.15, 0.2) is 33.6 Å². The van der Waals surface area contributed by atoms with Crippen LogP contribution in [-0.2, 0) is 19.7 Å². The maximum Gasteiger partial charge on any atom is 0.438 e. The molecule has 0 radical (unpaired) electrons. The van der Waals surface area contributed by atoms with E-state index in [0.29, 0.717) is 23.9 Å². The number of fused-ring (bicyclic) bond motifs is 1. The molecule has 1 saturated heterocycles. The van der Waals surface area contributed by atoms with E-state index >= 15 is 0 Å². The number of hydrogen-bond donors (Lipinski definition) is 1. The third-order valence-corrected chi connectivity index (χ3v) is 6.88. The van der Waals surface area contributed by atoms with Crippen LogP contribution < -0.4 is 5.76 Å². The third-order valence-electron chi connectivity index (χ3n) is 6.88. The lowest BCUT2D eigenvalue weighted by Gasteiger charge is -2.35. The number of aromatic amines is 1. The highest BCUT2D eigenvalue weighted by Gasteiger charge is 2.62. The first-order valence-corrected chi connectivity index (χ1v) is 11.4. The lowest BCUT2D eigenvalue weighted by atomic mass is 9.83. The van der Waals surface area contributed by atoms with Crippen LogP contribution in [-0.4, -0.2) is 52.7 Å². The molecule has 0 spiro atoms. The number of rotatable bonds is 6. The molecule has 3 atom stereocenters. The molecule has 1 aliphatic heterocycles. The van der Waals surface area contributed by atoms with Gasteiger partial charge in [0.2, 0.25) is 0 Å². The van der Waals surface area contributed by atoms with Gasteiger partial charge < -0.3 is 18.8 Å². The summed E-state index contributed by atoms with van der Waals surface area (Å²) in [5.74, 6) is -0.377. The minimum Gasteiger partial charge on any atom is -0.461 e. The molecular weight excluding hydrogens is 426 g/mol.